The average Bonchev–Trinajstić information content (AvgIpc) is 3.22. The van der Waals surface area contributed by atoms with Gasteiger partial charge in [0, 0.05) is 19.3 Å². The van der Waals surface area contributed by atoms with Crippen molar-refractivity contribution >= 4 is 17.9 Å². The molecular weight excluding hydrogens is 721 g/mol. The monoisotopic (exact) mass is 821 g/mol. The fourth-order valence-corrected chi connectivity index (χ4v) is 7.83. The number of hydrogen-bond acceptors (Lipinski definition) is 6. The van der Waals surface area contributed by atoms with Gasteiger partial charge in [0.1, 0.15) is 13.2 Å². The number of unbranched alkanes of at least 4 members (excludes halogenated alkanes) is 33. The zero-order valence-electron chi connectivity index (χ0n) is 39.5. The van der Waals surface area contributed by atoms with Crippen LogP contribution in [0.4, 0.5) is 0 Å². The molecule has 0 aromatic carbocycles. The third-order valence-corrected chi connectivity index (χ3v) is 12.2. The Hall–Kier alpha value is -1.59. The van der Waals surface area contributed by atoms with Gasteiger partial charge in [0.2, 0.25) is 0 Å². The molecule has 1 unspecified atom stereocenters. The molecule has 0 aliphatic carbocycles. The highest BCUT2D eigenvalue weighted by atomic mass is 16.6. The Morgan fingerprint density at radius 3 is 0.897 bits per heavy atom. The molecule has 0 heterocycles. The molecule has 0 saturated carbocycles. The zero-order valence-corrected chi connectivity index (χ0v) is 39.5. The van der Waals surface area contributed by atoms with Gasteiger partial charge < -0.3 is 14.2 Å². The molecule has 0 saturated heterocycles. The van der Waals surface area contributed by atoms with Gasteiger partial charge in [-0.05, 0) is 25.2 Å². The predicted molar refractivity (Wildman–Crippen MR) is 247 cm³/mol. The summed E-state index contributed by atoms with van der Waals surface area (Å²) in [6.07, 6.45) is 47.9. The van der Waals surface area contributed by atoms with Crippen molar-refractivity contribution in [3.8, 4) is 0 Å². The highest BCUT2D eigenvalue weighted by Crippen LogP contribution is 2.18. The first-order chi connectivity index (χ1) is 28.4. The second-order valence-electron chi connectivity index (χ2n) is 18.1. The van der Waals surface area contributed by atoms with E-state index >= 15 is 0 Å². The van der Waals surface area contributed by atoms with Gasteiger partial charge >= 0.3 is 17.9 Å². The lowest BCUT2D eigenvalue weighted by Crippen LogP contribution is -2.30. The molecule has 0 aromatic rings. The number of hydrogen-bond donors (Lipinski definition) is 0. The summed E-state index contributed by atoms with van der Waals surface area (Å²) in [6.45, 7) is 9.05. The molecule has 0 aromatic heterocycles. The van der Waals surface area contributed by atoms with Crippen LogP contribution in [0, 0.1) is 5.92 Å². The van der Waals surface area contributed by atoms with Crippen molar-refractivity contribution in [1.82, 2.24) is 0 Å². The number of ether oxygens (including phenoxy) is 3. The van der Waals surface area contributed by atoms with Crippen LogP contribution in [0.1, 0.15) is 291 Å². The van der Waals surface area contributed by atoms with E-state index < -0.39 is 6.10 Å². The van der Waals surface area contributed by atoms with E-state index in [0.29, 0.717) is 19.3 Å². The number of rotatable bonds is 47. The Balaban J connectivity index is 4.25. The summed E-state index contributed by atoms with van der Waals surface area (Å²) in [7, 11) is 0. The van der Waals surface area contributed by atoms with Gasteiger partial charge in [-0.2, -0.15) is 0 Å². The summed E-state index contributed by atoms with van der Waals surface area (Å²) in [5.41, 5.74) is 0. The second kappa shape index (κ2) is 46.5. The van der Waals surface area contributed by atoms with Gasteiger partial charge in [-0.25, -0.2) is 0 Å². The second-order valence-corrected chi connectivity index (χ2v) is 18.1. The molecule has 0 fully saturated rings. The van der Waals surface area contributed by atoms with E-state index in [1.807, 2.05) is 0 Å². The van der Waals surface area contributed by atoms with Gasteiger partial charge in [-0.3, -0.25) is 14.4 Å². The Labute approximate surface area is 361 Å². The topological polar surface area (TPSA) is 78.9 Å². The lowest BCUT2D eigenvalue weighted by Gasteiger charge is -2.18. The number of carbonyl (C=O) groups excluding carboxylic acids is 3. The fourth-order valence-electron chi connectivity index (χ4n) is 7.83. The molecule has 6 nitrogen and oxygen atoms in total. The molecule has 0 aliphatic rings. The largest absolute Gasteiger partial charge is 0.462 e. The first-order valence-electron chi connectivity index (χ1n) is 25.9. The summed E-state index contributed by atoms with van der Waals surface area (Å²) >= 11 is 0. The third-order valence-electron chi connectivity index (χ3n) is 12.2. The molecule has 58 heavy (non-hydrogen) atoms. The van der Waals surface area contributed by atoms with E-state index in [4.69, 9.17) is 14.2 Å². The van der Waals surface area contributed by atoms with Crippen molar-refractivity contribution in [2.75, 3.05) is 13.2 Å². The Bertz CT molecular complexity index is 874. The van der Waals surface area contributed by atoms with Crippen LogP contribution in [0.3, 0.4) is 0 Å². The molecule has 2 atom stereocenters. The minimum atomic E-state index is -0.759. The zero-order chi connectivity index (χ0) is 42.4. The van der Waals surface area contributed by atoms with E-state index in [9.17, 15) is 14.4 Å². The first kappa shape index (κ1) is 56.4. The quantitative estimate of drug-likeness (QED) is 0.0346. The van der Waals surface area contributed by atoms with Crippen LogP contribution in [0.2, 0.25) is 0 Å². The Morgan fingerprint density at radius 2 is 0.603 bits per heavy atom. The minimum Gasteiger partial charge on any atom is -0.462 e. The molecule has 0 bridgehead atoms. The van der Waals surface area contributed by atoms with Gasteiger partial charge in [-0.15, -0.1) is 0 Å². The van der Waals surface area contributed by atoms with Gasteiger partial charge in [0.15, 0.2) is 6.10 Å². The van der Waals surface area contributed by atoms with Crippen molar-refractivity contribution in [2.45, 2.75) is 297 Å². The van der Waals surface area contributed by atoms with Crippen molar-refractivity contribution in [1.29, 1.82) is 0 Å². The summed E-state index contributed by atoms with van der Waals surface area (Å²) < 4.78 is 16.8. The molecule has 0 rings (SSSR count). The maximum Gasteiger partial charge on any atom is 0.306 e. The molecule has 0 aliphatic heterocycles. The molecule has 0 N–H and O–H groups in total. The molecule has 344 valence electrons. The Morgan fingerprint density at radius 1 is 0.345 bits per heavy atom. The highest BCUT2D eigenvalue weighted by molar-refractivity contribution is 5.71. The molecule has 0 radical (unpaired) electrons. The van der Waals surface area contributed by atoms with Crippen LogP contribution >= 0.6 is 0 Å². The fraction of sp³-hybridized carbons (Fsp3) is 0.942. The van der Waals surface area contributed by atoms with Crippen LogP contribution in [0.5, 0.6) is 0 Å². The molecular formula is C52H100O6. The molecule has 0 amide bonds. The van der Waals surface area contributed by atoms with Crippen molar-refractivity contribution in [2.24, 2.45) is 5.92 Å². The van der Waals surface area contributed by atoms with Gasteiger partial charge in [0.05, 0.1) is 0 Å². The summed E-state index contributed by atoms with van der Waals surface area (Å²) in [6, 6.07) is 0. The van der Waals surface area contributed by atoms with E-state index in [1.54, 1.807) is 0 Å². The maximum atomic E-state index is 12.7. The smallest absolute Gasteiger partial charge is 0.306 e. The van der Waals surface area contributed by atoms with Crippen LogP contribution in [0.15, 0.2) is 0 Å². The summed E-state index contributed by atoms with van der Waals surface area (Å²) in [5, 5.41) is 0. The average molecular weight is 821 g/mol. The van der Waals surface area contributed by atoms with E-state index in [0.717, 1.165) is 63.7 Å². The van der Waals surface area contributed by atoms with E-state index in [-0.39, 0.29) is 31.1 Å². The molecule has 0 spiro atoms. The highest BCUT2D eigenvalue weighted by Gasteiger charge is 2.19. The van der Waals surface area contributed by atoms with Crippen LogP contribution in [-0.4, -0.2) is 37.2 Å². The van der Waals surface area contributed by atoms with Crippen molar-refractivity contribution < 1.29 is 28.6 Å². The SMILES string of the molecule is CCCCCCCCCCCCCCC(=O)O[C@H](COC(=O)CCCCCCCCCCCC)COC(=O)CCCCCCCCCCCCCCCCC(C)CC. The van der Waals surface area contributed by atoms with Crippen molar-refractivity contribution in [3.63, 3.8) is 0 Å². The predicted octanol–water partition coefficient (Wildman–Crippen LogP) is 16.7. The lowest BCUT2D eigenvalue weighted by molar-refractivity contribution is -0.167. The summed E-state index contributed by atoms with van der Waals surface area (Å²) in [5.74, 6) is 0.0499. The third kappa shape index (κ3) is 44.0. The van der Waals surface area contributed by atoms with Crippen LogP contribution in [-0.2, 0) is 28.6 Å². The van der Waals surface area contributed by atoms with E-state index in [1.165, 1.54) is 186 Å². The Kier molecular flexibility index (Phi) is 45.2. The first-order valence-corrected chi connectivity index (χ1v) is 25.9. The van der Waals surface area contributed by atoms with Crippen LogP contribution < -0.4 is 0 Å². The standard InChI is InChI=1S/C52H100O6/c1-5-8-10-12-14-16-18-24-29-33-37-41-45-52(55)58-49(46-56-50(53)43-39-35-31-27-17-15-13-11-9-6-2)47-57-51(54)44-40-36-32-28-25-22-20-19-21-23-26-30-34-38-42-48(4)7-3/h48-49H,5-47H2,1-4H3/t48?,49-/m1/s1. The summed E-state index contributed by atoms with van der Waals surface area (Å²) in [4.78, 5) is 37.9. The molecule has 6 heteroatoms. The van der Waals surface area contributed by atoms with E-state index in [2.05, 4.69) is 27.7 Å². The van der Waals surface area contributed by atoms with Crippen molar-refractivity contribution in [3.05, 3.63) is 0 Å². The normalized spacial score (nSPS) is 12.4. The number of carbonyl (C=O) groups is 3. The minimum absolute atomic E-state index is 0.0627. The van der Waals surface area contributed by atoms with Gasteiger partial charge in [0.25, 0.3) is 0 Å². The van der Waals surface area contributed by atoms with Crippen LogP contribution in [0.25, 0.3) is 0 Å². The maximum absolute atomic E-state index is 12.7. The number of esters is 3. The van der Waals surface area contributed by atoms with Gasteiger partial charge in [-0.1, -0.05) is 252 Å². The lowest BCUT2D eigenvalue weighted by atomic mass is 9.99.